The smallest absolute Gasteiger partial charge is 0.305 e. The lowest BCUT2D eigenvalue weighted by molar-refractivity contribution is -0.141. The molecule has 5 aromatic rings. The Labute approximate surface area is 307 Å². The predicted molar refractivity (Wildman–Crippen MR) is 195 cm³/mol. The zero-order valence-electron chi connectivity index (χ0n) is 28.7. The first kappa shape index (κ1) is 35.0. The van der Waals surface area contributed by atoms with Crippen LogP contribution in [0.1, 0.15) is 83.5 Å². The molecule has 1 aromatic carbocycles. The van der Waals surface area contributed by atoms with Gasteiger partial charge in [0.1, 0.15) is 17.2 Å². The van der Waals surface area contributed by atoms with Crippen molar-refractivity contribution < 1.29 is 27.6 Å². The van der Waals surface area contributed by atoms with E-state index in [2.05, 4.69) is 48.7 Å². The third-order valence-electron chi connectivity index (χ3n) is 10.7. The number of thiazole rings is 1. The van der Waals surface area contributed by atoms with Gasteiger partial charge >= 0.3 is 12.2 Å². The largest absolute Gasteiger partial charge is 0.433 e. The first-order valence-corrected chi connectivity index (χ1v) is 18.7. The Bertz CT molecular complexity index is 2190. The second kappa shape index (κ2) is 14.4. The summed E-state index contributed by atoms with van der Waals surface area (Å²) in [6.45, 7) is 3.54. The van der Waals surface area contributed by atoms with Crippen LogP contribution < -0.4 is 15.5 Å². The van der Waals surface area contributed by atoms with E-state index in [1.165, 1.54) is 11.6 Å². The van der Waals surface area contributed by atoms with Crippen molar-refractivity contribution in [3.8, 4) is 0 Å². The fraction of sp³-hybridized carbons (Fsp3) is 0.395. The van der Waals surface area contributed by atoms with Gasteiger partial charge in [0.15, 0.2) is 0 Å². The number of urea groups is 1. The molecule has 1 saturated carbocycles. The Morgan fingerprint density at radius 3 is 2.51 bits per heavy atom. The van der Waals surface area contributed by atoms with E-state index in [4.69, 9.17) is 4.98 Å². The molecule has 1 aliphatic carbocycles. The fourth-order valence-corrected chi connectivity index (χ4v) is 8.99. The minimum Gasteiger partial charge on any atom is -0.305 e. The van der Waals surface area contributed by atoms with Crippen LogP contribution in [0, 0.1) is 5.92 Å². The molecule has 3 aliphatic rings. The lowest BCUT2D eigenvalue weighted by atomic mass is 9.81. The van der Waals surface area contributed by atoms with E-state index in [0.29, 0.717) is 24.3 Å². The van der Waals surface area contributed by atoms with E-state index >= 15 is 0 Å². The Hall–Kier alpha value is -5.02. The Kier molecular flexibility index (Phi) is 9.53. The number of hydrogen-bond acceptors (Lipinski definition) is 9. The maximum atomic E-state index is 13.1. The van der Waals surface area contributed by atoms with Crippen LogP contribution >= 0.6 is 11.3 Å². The number of aromatic nitrogens is 4. The zero-order chi connectivity index (χ0) is 36.7. The molecule has 0 atom stereocenters. The number of carbonyl (C=O) groups excluding carboxylic acids is 3. The third-order valence-corrected chi connectivity index (χ3v) is 11.9. The first-order valence-electron chi connectivity index (χ1n) is 17.9. The number of piperidine rings is 1. The van der Waals surface area contributed by atoms with Crippen LogP contribution in [0.15, 0.2) is 61.1 Å². The number of halogens is 3. The van der Waals surface area contributed by atoms with Gasteiger partial charge in [-0.15, -0.1) is 11.3 Å². The topological polar surface area (TPSA) is 133 Å². The molecule has 2 saturated heterocycles. The van der Waals surface area contributed by atoms with Crippen LogP contribution in [0.3, 0.4) is 0 Å². The van der Waals surface area contributed by atoms with E-state index in [1.54, 1.807) is 34.7 Å². The van der Waals surface area contributed by atoms with Crippen LogP contribution in [-0.4, -0.2) is 68.9 Å². The average molecular weight is 743 g/mol. The van der Waals surface area contributed by atoms with Crippen molar-refractivity contribution in [3.05, 3.63) is 83.0 Å². The van der Waals surface area contributed by atoms with Gasteiger partial charge in [-0.3, -0.25) is 24.8 Å². The van der Waals surface area contributed by atoms with Gasteiger partial charge in [0, 0.05) is 48.5 Å². The molecule has 4 aromatic heterocycles. The molecule has 53 heavy (non-hydrogen) atoms. The highest BCUT2D eigenvalue weighted by Gasteiger charge is 2.33. The molecule has 0 radical (unpaired) electrons. The molecule has 3 fully saturated rings. The molecule has 274 valence electrons. The van der Waals surface area contributed by atoms with Gasteiger partial charge in [-0.2, -0.15) is 13.2 Å². The molecule has 6 heterocycles. The molecule has 4 amide bonds. The summed E-state index contributed by atoms with van der Waals surface area (Å²) in [6, 6.07) is 11.0. The first-order chi connectivity index (χ1) is 25.6. The number of nitrogens with zero attached hydrogens (tertiary/aromatic N) is 6. The standard InChI is InChI=1S/C38H37F3N8O3S/c39-38(40,41)32-3-1-2-28(44-32)35(51)46-33-17-31-29(19-43-33)45-36(53-31)24-6-4-22(5-7-24)21-48-13-10-23(11-14-48)25-8-9-27-26(16-25)18-42-20-30(27)49-15-12-34(50)47-37(49)52/h1-3,8-9,16-20,22-24H,4-7,10-15,21H2,(H,43,46,51)(H,47,50,52)/t22-,24-. The highest BCUT2D eigenvalue weighted by molar-refractivity contribution is 7.18. The highest BCUT2D eigenvalue weighted by atomic mass is 32.1. The lowest BCUT2D eigenvalue weighted by Gasteiger charge is -2.36. The fourth-order valence-electron chi connectivity index (χ4n) is 7.84. The van der Waals surface area contributed by atoms with Crippen molar-refractivity contribution in [3.63, 3.8) is 0 Å². The van der Waals surface area contributed by atoms with E-state index in [-0.39, 0.29) is 23.8 Å². The summed E-state index contributed by atoms with van der Waals surface area (Å²) < 4.78 is 40.0. The molecular weight excluding hydrogens is 706 g/mol. The third kappa shape index (κ3) is 7.58. The van der Waals surface area contributed by atoms with Crippen molar-refractivity contribution in [1.29, 1.82) is 0 Å². The summed E-state index contributed by atoms with van der Waals surface area (Å²) in [4.78, 5) is 57.9. The van der Waals surface area contributed by atoms with E-state index < -0.39 is 23.8 Å². The maximum Gasteiger partial charge on any atom is 0.433 e. The molecule has 15 heteroatoms. The summed E-state index contributed by atoms with van der Waals surface area (Å²) in [5.41, 5.74) is 1.29. The summed E-state index contributed by atoms with van der Waals surface area (Å²) in [7, 11) is 0. The number of imide groups is 1. The van der Waals surface area contributed by atoms with Gasteiger partial charge in [0.2, 0.25) is 5.91 Å². The zero-order valence-corrected chi connectivity index (χ0v) is 29.6. The van der Waals surface area contributed by atoms with Gasteiger partial charge in [-0.1, -0.05) is 18.2 Å². The number of carbonyl (C=O) groups is 3. The number of amides is 4. The number of anilines is 2. The minimum absolute atomic E-state index is 0.235. The number of likely N-dealkylation sites (tertiary alicyclic amines) is 1. The minimum atomic E-state index is -4.64. The lowest BCUT2D eigenvalue weighted by Crippen LogP contribution is -2.49. The predicted octanol–water partition coefficient (Wildman–Crippen LogP) is 7.51. The number of alkyl halides is 3. The van der Waals surface area contributed by atoms with Crippen LogP contribution in [0.5, 0.6) is 0 Å². The number of benzene rings is 1. The van der Waals surface area contributed by atoms with Gasteiger partial charge in [-0.05, 0) is 87.2 Å². The Morgan fingerprint density at radius 1 is 0.925 bits per heavy atom. The van der Waals surface area contributed by atoms with Crippen molar-refractivity contribution in [2.75, 3.05) is 36.4 Å². The Balaban J connectivity index is 0.827. The quantitative estimate of drug-likeness (QED) is 0.175. The summed E-state index contributed by atoms with van der Waals surface area (Å²) >= 11 is 1.58. The molecule has 0 unspecified atom stereocenters. The number of hydrogen-bond donors (Lipinski definition) is 2. The molecule has 2 N–H and O–H groups in total. The van der Waals surface area contributed by atoms with Crippen LogP contribution in [0.25, 0.3) is 21.0 Å². The normalized spacial score (nSPS) is 20.5. The monoisotopic (exact) mass is 742 g/mol. The van der Waals surface area contributed by atoms with Gasteiger partial charge in [0.25, 0.3) is 5.91 Å². The number of fused-ring (bicyclic) bond motifs is 2. The molecule has 2 aliphatic heterocycles. The van der Waals surface area contributed by atoms with E-state index in [9.17, 15) is 27.6 Å². The van der Waals surface area contributed by atoms with E-state index in [1.807, 2.05) is 6.20 Å². The maximum absolute atomic E-state index is 13.1. The molecule has 0 bridgehead atoms. The molecular formula is C38H37F3N8O3S. The summed E-state index contributed by atoms with van der Waals surface area (Å²) in [6.07, 6.45) is 7.30. The van der Waals surface area contributed by atoms with Gasteiger partial charge in [-0.25, -0.2) is 19.7 Å². The summed E-state index contributed by atoms with van der Waals surface area (Å²) in [5.74, 6) is 0.675. The van der Waals surface area contributed by atoms with Gasteiger partial charge < -0.3 is 10.2 Å². The number of pyridine rings is 3. The van der Waals surface area contributed by atoms with Crippen LogP contribution in [-0.2, 0) is 11.0 Å². The van der Waals surface area contributed by atoms with Crippen molar-refractivity contribution in [1.82, 2.24) is 30.2 Å². The second-order valence-corrected chi connectivity index (χ2v) is 15.2. The molecule has 11 nitrogen and oxygen atoms in total. The Morgan fingerprint density at radius 2 is 1.74 bits per heavy atom. The number of rotatable bonds is 7. The van der Waals surface area contributed by atoms with Crippen LogP contribution in [0.4, 0.5) is 29.5 Å². The SMILES string of the molecule is O=C1CCN(c2cncc3cc(C4CCN(C[C@H]5CC[C@H](c6nc7cnc(NC(=O)c8cccc(C(F)(F)F)n8)cc7s6)CC5)CC4)ccc23)C(=O)N1. The average Bonchev–Trinajstić information content (AvgIpc) is 3.58. The molecule has 0 spiro atoms. The van der Waals surface area contributed by atoms with Crippen molar-refractivity contribution in [2.24, 2.45) is 5.92 Å². The van der Waals surface area contributed by atoms with Crippen LogP contribution in [0.2, 0.25) is 0 Å². The summed E-state index contributed by atoms with van der Waals surface area (Å²) in [5, 5.41) is 7.96. The highest BCUT2D eigenvalue weighted by Crippen LogP contribution is 2.40. The molecule has 8 rings (SSSR count). The van der Waals surface area contributed by atoms with Crippen molar-refractivity contribution in [2.45, 2.75) is 63.0 Å². The van der Waals surface area contributed by atoms with Crippen molar-refractivity contribution >= 4 is 61.7 Å². The number of nitrogens with one attached hydrogen (secondary N) is 2. The van der Waals surface area contributed by atoms with E-state index in [0.717, 1.165) is 102 Å². The van der Waals surface area contributed by atoms with Gasteiger partial charge in [0.05, 0.1) is 33.3 Å². The second-order valence-electron chi connectivity index (χ2n) is 14.1.